The second kappa shape index (κ2) is 7.17. The van der Waals surface area contributed by atoms with Crippen molar-refractivity contribution in [3.8, 4) is 0 Å². The minimum Gasteiger partial charge on any atom is -0.212 e. The first-order chi connectivity index (χ1) is 10.6. The van der Waals surface area contributed by atoms with Crippen LogP contribution in [0.3, 0.4) is 0 Å². The maximum atomic E-state index is 12.8. The van der Waals surface area contributed by atoms with E-state index in [1.807, 2.05) is 0 Å². The van der Waals surface area contributed by atoms with Gasteiger partial charge in [-0.1, -0.05) is 35.7 Å². The molecule has 9 heteroatoms. The van der Waals surface area contributed by atoms with Crippen molar-refractivity contribution in [1.29, 1.82) is 0 Å². The lowest BCUT2D eigenvalue weighted by molar-refractivity contribution is -0.183. The zero-order chi connectivity index (χ0) is 17.3. The molecule has 1 saturated carbocycles. The average molecular weight is 390 g/mol. The fraction of sp³-hybridized carbons (Fsp3) is 0.571. The Balaban J connectivity index is 2.01. The molecule has 0 amide bonds. The lowest BCUT2D eigenvalue weighted by Gasteiger charge is -2.30. The Morgan fingerprint density at radius 3 is 2.48 bits per heavy atom. The molecule has 2 rings (SSSR count). The first-order valence-electron chi connectivity index (χ1n) is 7.07. The summed E-state index contributed by atoms with van der Waals surface area (Å²) in [5, 5.41) is 0.537. The number of halogens is 5. The highest BCUT2D eigenvalue weighted by Crippen LogP contribution is 2.37. The van der Waals surface area contributed by atoms with Gasteiger partial charge in [-0.05, 0) is 37.0 Å². The molecular weight excluding hydrogens is 374 g/mol. The van der Waals surface area contributed by atoms with Crippen molar-refractivity contribution < 1.29 is 21.6 Å². The third-order valence-corrected chi connectivity index (χ3v) is 5.97. The quantitative estimate of drug-likeness (QED) is 0.821. The molecule has 0 radical (unpaired) electrons. The van der Waals surface area contributed by atoms with E-state index in [4.69, 9.17) is 23.2 Å². The van der Waals surface area contributed by atoms with Gasteiger partial charge in [0.2, 0.25) is 10.0 Å². The summed E-state index contributed by atoms with van der Waals surface area (Å²) in [5.74, 6) is -1.80. The van der Waals surface area contributed by atoms with Crippen LogP contribution in [0.5, 0.6) is 0 Å². The largest absolute Gasteiger partial charge is 0.391 e. The van der Waals surface area contributed by atoms with Gasteiger partial charge in [-0.25, -0.2) is 13.1 Å². The van der Waals surface area contributed by atoms with Crippen LogP contribution in [0.2, 0.25) is 10.0 Å². The van der Waals surface area contributed by atoms with Crippen LogP contribution in [0, 0.1) is 5.92 Å². The van der Waals surface area contributed by atoms with Crippen molar-refractivity contribution in [2.24, 2.45) is 5.92 Å². The van der Waals surface area contributed by atoms with E-state index in [0.717, 1.165) is 0 Å². The smallest absolute Gasteiger partial charge is 0.212 e. The fourth-order valence-corrected chi connectivity index (χ4v) is 4.48. The van der Waals surface area contributed by atoms with Gasteiger partial charge in [0.1, 0.15) is 0 Å². The summed E-state index contributed by atoms with van der Waals surface area (Å²) in [6.07, 6.45) is -3.69. The second-order valence-corrected chi connectivity index (χ2v) is 8.30. The normalized spacial score (nSPS) is 23.0. The van der Waals surface area contributed by atoms with E-state index in [0.29, 0.717) is 23.4 Å². The van der Waals surface area contributed by atoms with Crippen LogP contribution in [0.25, 0.3) is 0 Å². The van der Waals surface area contributed by atoms with Gasteiger partial charge in [-0.2, -0.15) is 13.2 Å². The number of rotatable bonds is 4. The van der Waals surface area contributed by atoms with Crippen LogP contribution in [0.1, 0.15) is 31.2 Å². The van der Waals surface area contributed by atoms with Crippen molar-refractivity contribution in [1.82, 2.24) is 4.72 Å². The van der Waals surface area contributed by atoms with E-state index in [-0.39, 0.29) is 23.6 Å². The monoisotopic (exact) mass is 389 g/mol. The van der Waals surface area contributed by atoms with E-state index in [1.165, 1.54) is 18.2 Å². The summed E-state index contributed by atoms with van der Waals surface area (Å²) in [7, 11) is -3.75. The Kier molecular flexibility index (Phi) is 5.87. The summed E-state index contributed by atoms with van der Waals surface area (Å²) in [6, 6.07) is 3.74. The Labute approximate surface area is 143 Å². The molecule has 0 bridgehead atoms. The minimum absolute atomic E-state index is 0.0501. The van der Waals surface area contributed by atoms with Crippen LogP contribution in [-0.4, -0.2) is 20.6 Å². The zero-order valence-corrected chi connectivity index (χ0v) is 14.4. The maximum absolute atomic E-state index is 12.8. The molecule has 0 spiro atoms. The molecule has 23 heavy (non-hydrogen) atoms. The highest BCUT2D eigenvalue weighted by atomic mass is 35.5. The minimum atomic E-state index is -4.28. The van der Waals surface area contributed by atoms with Gasteiger partial charge < -0.3 is 0 Å². The van der Waals surface area contributed by atoms with Crippen LogP contribution in [0.4, 0.5) is 13.2 Å². The molecule has 0 aliphatic heterocycles. The SMILES string of the molecule is O=S(=O)(Cc1ccc(Cl)c(Cl)c1)NC1CCCC(C(F)(F)F)C1. The molecule has 1 aliphatic carbocycles. The molecule has 0 heterocycles. The number of alkyl halides is 3. The zero-order valence-electron chi connectivity index (χ0n) is 12.0. The summed E-state index contributed by atoms with van der Waals surface area (Å²) in [4.78, 5) is 0. The van der Waals surface area contributed by atoms with Crippen LogP contribution in [-0.2, 0) is 15.8 Å². The van der Waals surface area contributed by atoms with Crippen molar-refractivity contribution >= 4 is 33.2 Å². The van der Waals surface area contributed by atoms with Gasteiger partial charge in [0.15, 0.2) is 0 Å². The molecule has 1 aliphatic rings. The Bertz CT molecular complexity index is 664. The second-order valence-electron chi connectivity index (χ2n) is 5.73. The van der Waals surface area contributed by atoms with Crippen molar-refractivity contribution in [3.05, 3.63) is 33.8 Å². The van der Waals surface area contributed by atoms with Gasteiger partial charge in [-0.15, -0.1) is 0 Å². The standard InChI is InChI=1S/C14H16Cl2F3NO2S/c15-12-5-4-9(6-13(12)16)8-23(21,22)20-11-3-1-2-10(7-11)14(17,18)19/h4-6,10-11,20H,1-3,7-8H2. The van der Waals surface area contributed by atoms with Crippen LogP contribution < -0.4 is 4.72 Å². The topological polar surface area (TPSA) is 46.2 Å². The molecular formula is C14H16Cl2F3NO2S. The number of hydrogen-bond donors (Lipinski definition) is 1. The van der Waals surface area contributed by atoms with Gasteiger partial charge in [0, 0.05) is 6.04 Å². The predicted molar refractivity (Wildman–Crippen MR) is 84.0 cm³/mol. The lowest BCUT2D eigenvalue weighted by atomic mass is 9.86. The molecule has 0 aromatic heterocycles. The lowest BCUT2D eigenvalue weighted by Crippen LogP contribution is -2.41. The Morgan fingerprint density at radius 2 is 1.87 bits per heavy atom. The van der Waals surface area contributed by atoms with Crippen molar-refractivity contribution in [2.45, 2.75) is 43.7 Å². The molecule has 3 nitrogen and oxygen atoms in total. The molecule has 2 atom stereocenters. The van der Waals surface area contributed by atoms with Crippen LogP contribution >= 0.6 is 23.2 Å². The van der Waals surface area contributed by atoms with Crippen molar-refractivity contribution in [3.63, 3.8) is 0 Å². The predicted octanol–water partition coefficient (Wildman–Crippen LogP) is 4.53. The van der Waals surface area contributed by atoms with Gasteiger partial charge in [0.25, 0.3) is 0 Å². The summed E-state index contributed by atoms with van der Waals surface area (Å²) in [6.45, 7) is 0. The van der Waals surface area contributed by atoms with E-state index in [9.17, 15) is 21.6 Å². The highest BCUT2D eigenvalue weighted by molar-refractivity contribution is 7.88. The average Bonchev–Trinajstić information content (AvgIpc) is 2.41. The van der Waals surface area contributed by atoms with E-state index >= 15 is 0 Å². The van der Waals surface area contributed by atoms with Gasteiger partial charge in [0.05, 0.1) is 21.7 Å². The number of hydrogen-bond acceptors (Lipinski definition) is 2. The molecule has 1 N–H and O–H groups in total. The third kappa shape index (κ3) is 5.52. The molecule has 0 saturated heterocycles. The summed E-state index contributed by atoms with van der Waals surface area (Å²) < 4.78 is 65.0. The number of benzene rings is 1. The summed E-state index contributed by atoms with van der Waals surface area (Å²) >= 11 is 11.6. The van der Waals surface area contributed by atoms with Gasteiger partial charge in [-0.3, -0.25) is 0 Å². The summed E-state index contributed by atoms with van der Waals surface area (Å²) in [5.41, 5.74) is 0.426. The molecule has 1 aromatic rings. The maximum Gasteiger partial charge on any atom is 0.391 e. The molecule has 1 aromatic carbocycles. The first-order valence-corrected chi connectivity index (χ1v) is 9.48. The Morgan fingerprint density at radius 1 is 1.17 bits per heavy atom. The van der Waals surface area contributed by atoms with Crippen molar-refractivity contribution in [2.75, 3.05) is 0 Å². The molecule has 1 fully saturated rings. The Hall–Kier alpha value is -0.500. The van der Waals surface area contributed by atoms with E-state index in [2.05, 4.69) is 4.72 Å². The first kappa shape index (κ1) is 18.8. The number of nitrogens with one attached hydrogen (secondary N) is 1. The van der Waals surface area contributed by atoms with E-state index in [1.54, 1.807) is 0 Å². The van der Waals surface area contributed by atoms with E-state index < -0.39 is 28.2 Å². The highest BCUT2D eigenvalue weighted by Gasteiger charge is 2.42. The molecule has 2 unspecified atom stereocenters. The van der Waals surface area contributed by atoms with Gasteiger partial charge >= 0.3 is 6.18 Å². The van der Waals surface area contributed by atoms with Crippen LogP contribution in [0.15, 0.2) is 18.2 Å². The third-order valence-electron chi connectivity index (χ3n) is 3.82. The number of sulfonamides is 1. The fourth-order valence-electron chi connectivity index (χ4n) is 2.74. The molecule has 130 valence electrons.